The minimum atomic E-state index is -0.948. The number of carbonyl (C=O) groups is 2. The molecule has 0 aliphatic carbocycles. The van der Waals surface area contributed by atoms with Gasteiger partial charge in [0.05, 0.1) is 5.92 Å². The van der Waals surface area contributed by atoms with Crippen LogP contribution in [0.2, 0.25) is 0 Å². The molecular formula is C12H13NO4. The van der Waals surface area contributed by atoms with Gasteiger partial charge in [-0.15, -0.1) is 0 Å². The van der Waals surface area contributed by atoms with E-state index in [1.165, 1.54) is 11.0 Å². The van der Waals surface area contributed by atoms with Crippen LogP contribution in [-0.2, 0) is 9.59 Å². The van der Waals surface area contributed by atoms with Crippen LogP contribution in [0.3, 0.4) is 0 Å². The lowest BCUT2D eigenvalue weighted by Crippen LogP contribution is -2.25. The van der Waals surface area contributed by atoms with Crippen LogP contribution in [0.1, 0.15) is 12.0 Å². The summed E-state index contributed by atoms with van der Waals surface area (Å²) < 4.78 is 0. The molecule has 2 rings (SSSR count). The molecule has 0 saturated carbocycles. The number of hydrogen-bond acceptors (Lipinski definition) is 3. The Morgan fingerprint density at radius 1 is 1.47 bits per heavy atom. The summed E-state index contributed by atoms with van der Waals surface area (Å²) in [4.78, 5) is 24.0. The third kappa shape index (κ3) is 2.08. The summed E-state index contributed by atoms with van der Waals surface area (Å²) in [6.45, 7) is 1.92. The Balaban J connectivity index is 2.26. The number of carboxylic acid groups (broad SMARTS) is 1. The third-order valence-electron chi connectivity index (χ3n) is 2.97. The van der Waals surface area contributed by atoms with Gasteiger partial charge in [-0.05, 0) is 30.7 Å². The number of benzene rings is 1. The van der Waals surface area contributed by atoms with E-state index in [0.717, 1.165) is 0 Å². The van der Waals surface area contributed by atoms with Gasteiger partial charge in [-0.2, -0.15) is 0 Å². The summed E-state index contributed by atoms with van der Waals surface area (Å²) in [6, 6.07) is 4.80. The van der Waals surface area contributed by atoms with Gasteiger partial charge in [-0.25, -0.2) is 0 Å². The van der Waals surface area contributed by atoms with Gasteiger partial charge < -0.3 is 15.1 Å². The topological polar surface area (TPSA) is 77.8 Å². The molecule has 1 heterocycles. The Morgan fingerprint density at radius 3 is 2.71 bits per heavy atom. The van der Waals surface area contributed by atoms with Crippen LogP contribution in [0.5, 0.6) is 5.75 Å². The van der Waals surface area contributed by atoms with E-state index in [0.29, 0.717) is 11.3 Å². The highest BCUT2D eigenvalue weighted by molar-refractivity contribution is 5.99. The number of phenols is 1. The van der Waals surface area contributed by atoms with Crippen molar-refractivity contribution >= 4 is 17.6 Å². The molecule has 0 bridgehead atoms. The Morgan fingerprint density at radius 2 is 2.18 bits per heavy atom. The Labute approximate surface area is 98.3 Å². The van der Waals surface area contributed by atoms with Gasteiger partial charge in [0.1, 0.15) is 5.75 Å². The molecule has 1 aliphatic heterocycles. The predicted molar refractivity (Wildman–Crippen MR) is 60.9 cm³/mol. The molecule has 2 N–H and O–H groups in total. The fourth-order valence-corrected chi connectivity index (χ4v) is 1.93. The molecule has 1 saturated heterocycles. The van der Waals surface area contributed by atoms with Crippen molar-refractivity contribution in [3.05, 3.63) is 23.8 Å². The smallest absolute Gasteiger partial charge is 0.308 e. The molecule has 90 valence electrons. The number of carboxylic acids is 1. The van der Waals surface area contributed by atoms with Crippen molar-refractivity contribution < 1.29 is 19.8 Å². The van der Waals surface area contributed by atoms with Crippen LogP contribution in [0.15, 0.2) is 18.2 Å². The van der Waals surface area contributed by atoms with E-state index in [2.05, 4.69) is 0 Å². The molecule has 0 radical (unpaired) electrons. The third-order valence-corrected chi connectivity index (χ3v) is 2.97. The first-order valence-corrected chi connectivity index (χ1v) is 5.32. The van der Waals surface area contributed by atoms with Crippen molar-refractivity contribution in [1.29, 1.82) is 0 Å². The van der Waals surface area contributed by atoms with E-state index >= 15 is 0 Å². The van der Waals surface area contributed by atoms with Crippen LogP contribution < -0.4 is 4.90 Å². The SMILES string of the molecule is Cc1cc(N2CC(C(=O)O)CC2=O)ccc1O. The molecule has 0 aromatic heterocycles. The number of aryl methyl sites for hydroxylation is 1. The first-order chi connectivity index (χ1) is 7.99. The van der Waals surface area contributed by atoms with Gasteiger partial charge in [0, 0.05) is 18.7 Å². The number of nitrogens with zero attached hydrogens (tertiary/aromatic N) is 1. The average Bonchev–Trinajstić information content (AvgIpc) is 2.65. The van der Waals surface area contributed by atoms with Gasteiger partial charge >= 0.3 is 5.97 Å². The largest absolute Gasteiger partial charge is 0.508 e. The molecular weight excluding hydrogens is 222 g/mol. The van der Waals surface area contributed by atoms with E-state index in [9.17, 15) is 14.7 Å². The highest BCUT2D eigenvalue weighted by Gasteiger charge is 2.35. The zero-order valence-corrected chi connectivity index (χ0v) is 9.38. The summed E-state index contributed by atoms with van der Waals surface area (Å²) in [7, 11) is 0. The van der Waals surface area contributed by atoms with E-state index in [1.54, 1.807) is 19.1 Å². The number of aliphatic carboxylic acids is 1. The second-order valence-electron chi connectivity index (χ2n) is 4.21. The standard InChI is InChI=1S/C12H13NO4/c1-7-4-9(2-3-10(7)14)13-6-8(12(16)17)5-11(13)15/h2-4,8,14H,5-6H2,1H3,(H,16,17). The van der Waals surface area contributed by atoms with Crippen molar-refractivity contribution in [2.75, 3.05) is 11.4 Å². The minimum absolute atomic E-state index is 0.0370. The van der Waals surface area contributed by atoms with Crippen molar-refractivity contribution in [3.63, 3.8) is 0 Å². The van der Waals surface area contributed by atoms with Crippen LogP contribution in [0.25, 0.3) is 0 Å². The van der Waals surface area contributed by atoms with Gasteiger partial charge in [-0.3, -0.25) is 9.59 Å². The fourth-order valence-electron chi connectivity index (χ4n) is 1.93. The highest BCUT2D eigenvalue weighted by atomic mass is 16.4. The molecule has 17 heavy (non-hydrogen) atoms. The number of rotatable bonds is 2. The molecule has 5 heteroatoms. The maximum atomic E-state index is 11.7. The monoisotopic (exact) mass is 235 g/mol. The summed E-state index contributed by atoms with van der Waals surface area (Å²) in [6.07, 6.45) is 0.0370. The normalized spacial score (nSPS) is 19.7. The molecule has 1 atom stereocenters. The number of aromatic hydroxyl groups is 1. The summed E-state index contributed by atoms with van der Waals surface area (Å²) in [5.41, 5.74) is 1.29. The maximum absolute atomic E-state index is 11.7. The van der Waals surface area contributed by atoms with Crippen LogP contribution >= 0.6 is 0 Å². The number of phenolic OH excluding ortho intramolecular Hbond substituents is 1. The predicted octanol–water partition coefficient (Wildman–Crippen LogP) is 1.14. The average molecular weight is 235 g/mol. The lowest BCUT2D eigenvalue weighted by Gasteiger charge is -2.16. The van der Waals surface area contributed by atoms with Crippen LogP contribution in [0, 0.1) is 12.8 Å². The zero-order chi connectivity index (χ0) is 12.6. The van der Waals surface area contributed by atoms with Crippen molar-refractivity contribution in [2.24, 2.45) is 5.92 Å². The first-order valence-electron chi connectivity index (χ1n) is 5.32. The summed E-state index contributed by atoms with van der Waals surface area (Å²) in [5.74, 6) is -1.62. The molecule has 0 spiro atoms. The molecule has 5 nitrogen and oxygen atoms in total. The van der Waals surface area contributed by atoms with Crippen molar-refractivity contribution in [3.8, 4) is 5.75 Å². The van der Waals surface area contributed by atoms with E-state index in [4.69, 9.17) is 5.11 Å². The first kappa shape index (κ1) is 11.4. The molecule has 1 fully saturated rings. The zero-order valence-electron chi connectivity index (χ0n) is 9.38. The number of carbonyl (C=O) groups excluding carboxylic acids is 1. The number of hydrogen-bond donors (Lipinski definition) is 2. The number of anilines is 1. The van der Waals surface area contributed by atoms with Crippen LogP contribution in [0.4, 0.5) is 5.69 Å². The molecule has 1 aliphatic rings. The Kier molecular flexibility index (Phi) is 2.75. The van der Waals surface area contributed by atoms with Gasteiger partial charge in [-0.1, -0.05) is 0 Å². The van der Waals surface area contributed by atoms with E-state index in [1.807, 2.05) is 0 Å². The number of amides is 1. The van der Waals surface area contributed by atoms with Crippen molar-refractivity contribution in [2.45, 2.75) is 13.3 Å². The summed E-state index contributed by atoms with van der Waals surface area (Å²) >= 11 is 0. The minimum Gasteiger partial charge on any atom is -0.508 e. The fraction of sp³-hybridized carbons (Fsp3) is 0.333. The van der Waals surface area contributed by atoms with Gasteiger partial charge in [0.25, 0.3) is 0 Å². The molecule has 1 aromatic carbocycles. The highest BCUT2D eigenvalue weighted by Crippen LogP contribution is 2.28. The lowest BCUT2D eigenvalue weighted by atomic mass is 10.1. The van der Waals surface area contributed by atoms with E-state index in [-0.39, 0.29) is 24.6 Å². The van der Waals surface area contributed by atoms with Crippen molar-refractivity contribution in [1.82, 2.24) is 0 Å². The maximum Gasteiger partial charge on any atom is 0.308 e. The molecule has 1 aromatic rings. The second kappa shape index (κ2) is 4.08. The summed E-state index contributed by atoms with van der Waals surface area (Å²) in [5, 5.41) is 18.3. The second-order valence-corrected chi connectivity index (χ2v) is 4.21. The molecule has 1 amide bonds. The van der Waals surface area contributed by atoms with Crippen LogP contribution in [-0.4, -0.2) is 28.6 Å². The Hall–Kier alpha value is -2.04. The molecule has 1 unspecified atom stereocenters. The van der Waals surface area contributed by atoms with Gasteiger partial charge in [0.2, 0.25) is 5.91 Å². The van der Waals surface area contributed by atoms with E-state index < -0.39 is 11.9 Å². The Bertz CT molecular complexity index is 483. The van der Waals surface area contributed by atoms with Gasteiger partial charge in [0.15, 0.2) is 0 Å². The quantitative estimate of drug-likeness (QED) is 0.805. The lowest BCUT2D eigenvalue weighted by molar-refractivity contribution is -0.141.